The van der Waals surface area contributed by atoms with Crippen molar-refractivity contribution >= 4 is 22.4 Å². The van der Waals surface area contributed by atoms with E-state index in [0.717, 1.165) is 36.3 Å². The van der Waals surface area contributed by atoms with Gasteiger partial charge in [-0.1, -0.05) is 25.8 Å². The molecule has 0 aliphatic carbocycles. The summed E-state index contributed by atoms with van der Waals surface area (Å²) in [6.45, 7) is 5.96. The molecule has 0 unspecified atom stereocenters. The second-order valence-corrected chi connectivity index (χ2v) is 6.70. The largest absolute Gasteiger partial charge is 0.490 e. The van der Waals surface area contributed by atoms with Crippen LogP contribution in [0.3, 0.4) is 0 Å². The van der Waals surface area contributed by atoms with E-state index >= 15 is 0 Å². The normalized spacial score (nSPS) is 10.5. The Labute approximate surface area is 158 Å². The van der Waals surface area contributed by atoms with E-state index in [1.165, 1.54) is 11.3 Å². The molecule has 0 saturated carbocycles. The molecule has 0 amide bonds. The van der Waals surface area contributed by atoms with Crippen molar-refractivity contribution in [3.8, 4) is 11.5 Å². The zero-order valence-electron chi connectivity index (χ0n) is 15.3. The molecule has 1 aromatic carbocycles. The minimum Gasteiger partial charge on any atom is -0.490 e. The van der Waals surface area contributed by atoms with E-state index in [-0.39, 0.29) is 6.42 Å². The van der Waals surface area contributed by atoms with E-state index < -0.39 is 5.97 Å². The summed E-state index contributed by atoms with van der Waals surface area (Å²) in [5, 5.41) is 14.5. The number of aromatic nitrogens is 1. The molecule has 26 heavy (non-hydrogen) atoms. The molecule has 2 rings (SSSR count). The molecule has 1 aromatic heterocycles. The molecular weight excluding hydrogens is 352 g/mol. The number of ether oxygens (including phenoxy) is 2. The number of carboxylic acid groups (broad SMARTS) is 1. The average Bonchev–Trinajstić information content (AvgIpc) is 3.05. The van der Waals surface area contributed by atoms with Crippen LogP contribution in [0, 0.1) is 0 Å². The Morgan fingerprint density at radius 3 is 2.81 bits per heavy atom. The lowest BCUT2D eigenvalue weighted by Gasteiger charge is -2.13. The molecule has 2 N–H and O–H groups in total. The summed E-state index contributed by atoms with van der Waals surface area (Å²) in [7, 11) is 0. The van der Waals surface area contributed by atoms with Gasteiger partial charge in [-0.2, -0.15) is 0 Å². The fourth-order valence-electron chi connectivity index (χ4n) is 2.39. The van der Waals surface area contributed by atoms with Crippen LogP contribution in [0.15, 0.2) is 23.6 Å². The summed E-state index contributed by atoms with van der Waals surface area (Å²) < 4.78 is 11.5. The zero-order valence-corrected chi connectivity index (χ0v) is 16.1. The highest BCUT2D eigenvalue weighted by molar-refractivity contribution is 7.13. The first-order chi connectivity index (χ1) is 12.6. The molecular formula is C19H26N2O4S. The van der Waals surface area contributed by atoms with Gasteiger partial charge in [0.2, 0.25) is 0 Å². The van der Waals surface area contributed by atoms with Crippen LogP contribution >= 0.6 is 11.3 Å². The molecule has 0 aliphatic rings. The van der Waals surface area contributed by atoms with Gasteiger partial charge in [0.05, 0.1) is 25.3 Å². The lowest BCUT2D eigenvalue weighted by molar-refractivity contribution is -0.136. The standard InChI is InChI=1S/C19H26N2O4S/c1-3-5-6-9-25-16-8-7-14(10-17(16)24-4-2)12-20-19-21-15(13-26-19)11-18(22)23/h7-8,10,13H,3-6,9,11-12H2,1-2H3,(H,20,21)(H,22,23). The van der Waals surface area contributed by atoms with E-state index in [2.05, 4.69) is 17.2 Å². The Balaban J connectivity index is 1.95. The molecule has 0 atom stereocenters. The van der Waals surface area contributed by atoms with Gasteiger partial charge in [-0.3, -0.25) is 4.79 Å². The first kappa shape index (κ1) is 20.0. The molecule has 142 valence electrons. The van der Waals surface area contributed by atoms with E-state index in [9.17, 15) is 4.79 Å². The van der Waals surface area contributed by atoms with Crippen LogP contribution in [-0.2, 0) is 17.8 Å². The number of anilines is 1. The first-order valence-electron chi connectivity index (χ1n) is 8.91. The van der Waals surface area contributed by atoms with Gasteiger partial charge in [-0.15, -0.1) is 11.3 Å². The van der Waals surface area contributed by atoms with Crippen molar-refractivity contribution in [2.75, 3.05) is 18.5 Å². The molecule has 6 nitrogen and oxygen atoms in total. The molecule has 0 bridgehead atoms. The molecule has 0 saturated heterocycles. The van der Waals surface area contributed by atoms with Crippen LogP contribution in [0.25, 0.3) is 0 Å². The SMILES string of the molecule is CCCCCOc1ccc(CNc2nc(CC(=O)O)cs2)cc1OCC. The molecule has 2 aromatic rings. The van der Waals surface area contributed by atoms with Crippen molar-refractivity contribution in [3.63, 3.8) is 0 Å². The highest BCUT2D eigenvalue weighted by Gasteiger charge is 2.09. The summed E-state index contributed by atoms with van der Waals surface area (Å²) in [6.07, 6.45) is 3.30. The molecule has 0 aliphatic heterocycles. The van der Waals surface area contributed by atoms with Crippen molar-refractivity contribution in [3.05, 3.63) is 34.8 Å². The molecule has 1 heterocycles. The Morgan fingerprint density at radius 2 is 2.08 bits per heavy atom. The number of nitrogens with zero attached hydrogens (tertiary/aromatic N) is 1. The van der Waals surface area contributed by atoms with Gasteiger partial charge in [0.15, 0.2) is 16.6 Å². The third-order valence-corrected chi connectivity index (χ3v) is 4.49. The van der Waals surface area contributed by atoms with Gasteiger partial charge >= 0.3 is 5.97 Å². The van der Waals surface area contributed by atoms with Crippen LogP contribution in [-0.4, -0.2) is 29.3 Å². The Hall–Kier alpha value is -2.28. The van der Waals surface area contributed by atoms with E-state index in [4.69, 9.17) is 14.6 Å². The number of unbranched alkanes of at least 4 members (excludes halogenated alkanes) is 2. The summed E-state index contributed by atoms with van der Waals surface area (Å²) in [5.74, 6) is 0.636. The predicted molar refractivity (Wildman–Crippen MR) is 103 cm³/mol. The summed E-state index contributed by atoms with van der Waals surface area (Å²) in [5.41, 5.74) is 1.61. The maximum absolute atomic E-state index is 10.7. The monoisotopic (exact) mass is 378 g/mol. The topological polar surface area (TPSA) is 80.7 Å². The van der Waals surface area contributed by atoms with Crippen molar-refractivity contribution < 1.29 is 19.4 Å². The van der Waals surface area contributed by atoms with Gasteiger partial charge in [0.1, 0.15) is 0 Å². The van der Waals surface area contributed by atoms with E-state index in [0.29, 0.717) is 30.6 Å². The van der Waals surface area contributed by atoms with Gasteiger partial charge in [0, 0.05) is 11.9 Å². The second-order valence-electron chi connectivity index (χ2n) is 5.84. The number of benzene rings is 1. The van der Waals surface area contributed by atoms with Gasteiger partial charge in [0.25, 0.3) is 0 Å². The quantitative estimate of drug-likeness (QED) is 0.535. The van der Waals surface area contributed by atoms with Crippen LogP contribution in [0.1, 0.15) is 44.4 Å². The lowest BCUT2D eigenvalue weighted by atomic mass is 10.2. The Bertz CT molecular complexity index is 703. The molecule has 0 radical (unpaired) electrons. The Kier molecular flexibility index (Phi) is 8.21. The fourth-order valence-corrected chi connectivity index (χ4v) is 3.10. The number of carbonyl (C=O) groups is 1. The number of hydrogen-bond acceptors (Lipinski definition) is 6. The van der Waals surface area contributed by atoms with Gasteiger partial charge in [-0.05, 0) is 31.0 Å². The fraction of sp³-hybridized carbons (Fsp3) is 0.474. The third kappa shape index (κ3) is 6.55. The van der Waals surface area contributed by atoms with Crippen molar-refractivity contribution in [1.29, 1.82) is 0 Å². The second kappa shape index (κ2) is 10.7. The minimum atomic E-state index is -0.877. The van der Waals surface area contributed by atoms with Gasteiger partial charge in [-0.25, -0.2) is 4.98 Å². The van der Waals surface area contributed by atoms with E-state index in [1.807, 2.05) is 25.1 Å². The highest BCUT2D eigenvalue weighted by Crippen LogP contribution is 2.29. The third-order valence-electron chi connectivity index (χ3n) is 3.64. The van der Waals surface area contributed by atoms with Crippen molar-refractivity contribution in [2.24, 2.45) is 0 Å². The molecule has 7 heteroatoms. The number of thiazole rings is 1. The maximum atomic E-state index is 10.7. The minimum absolute atomic E-state index is 0.0588. The van der Waals surface area contributed by atoms with Crippen LogP contribution in [0.5, 0.6) is 11.5 Å². The summed E-state index contributed by atoms with van der Waals surface area (Å²) in [4.78, 5) is 15.0. The first-order valence-corrected chi connectivity index (χ1v) is 9.79. The Morgan fingerprint density at radius 1 is 1.23 bits per heavy atom. The highest BCUT2D eigenvalue weighted by atomic mass is 32.1. The van der Waals surface area contributed by atoms with Crippen LogP contribution in [0.2, 0.25) is 0 Å². The number of aliphatic carboxylic acids is 1. The maximum Gasteiger partial charge on any atom is 0.309 e. The van der Waals surface area contributed by atoms with E-state index in [1.54, 1.807) is 5.38 Å². The van der Waals surface area contributed by atoms with Gasteiger partial charge < -0.3 is 19.9 Å². The predicted octanol–water partition coefficient (Wildman–Crippen LogP) is 4.35. The van der Waals surface area contributed by atoms with Crippen LogP contribution in [0.4, 0.5) is 5.13 Å². The molecule has 0 fully saturated rings. The van der Waals surface area contributed by atoms with Crippen molar-refractivity contribution in [2.45, 2.75) is 46.1 Å². The summed E-state index contributed by atoms with van der Waals surface area (Å²) in [6, 6.07) is 5.90. The van der Waals surface area contributed by atoms with Crippen molar-refractivity contribution in [1.82, 2.24) is 4.98 Å². The number of hydrogen-bond donors (Lipinski definition) is 2. The van der Waals surface area contributed by atoms with Crippen LogP contribution < -0.4 is 14.8 Å². The zero-order chi connectivity index (χ0) is 18.8. The number of rotatable bonds is 12. The lowest BCUT2D eigenvalue weighted by Crippen LogP contribution is -2.04. The number of nitrogens with one attached hydrogen (secondary N) is 1. The number of carboxylic acids is 1. The molecule has 0 spiro atoms. The summed E-state index contributed by atoms with van der Waals surface area (Å²) >= 11 is 1.40. The average molecular weight is 378 g/mol. The smallest absolute Gasteiger partial charge is 0.309 e.